The first kappa shape index (κ1) is 10.8. The van der Waals surface area contributed by atoms with Gasteiger partial charge in [-0.1, -0.05) is 13.0 Å². The summed E-state index contributed by atoms with van der Waals surface area (Å²) in [6.45, 7) is 2.32. The lowest BCUT2D eigenvalue weighted by Gasteiger charge is -2.28. The van der Waals surface area contributed by atoms with Crippen LogP contribution in [0.15, 0.2) is 30.5 Å². The van der Waals surface area contributed by atoms with Crippen LogP contribution in [-0.4, -0.2) is 4.57 Å². The quantitative estimate of drug-likeness (QED) is 0.679. The van der Waals surface area contributed by atoms with Crippen LogP contribution in [0.4, 0.5) is 4.39 Å². The molecule has 1 saturated carbocycles. The maximum atomic E-state index is 13.6. The lowest BCUT2D eigenvalue weighted by atomic mass is 9.87. The van der Waals surface area contributed by atoms with Gasteiger partial charge in [0.05, 0.1) is 5.52 Å². The fourth-order valence-corrected chi connectivity index (χ4v) is 2.99. The number of hydrogen-bond donors (Lipinski definition) is 0. The minimum absolute atomic E-state index is 0.106. The molecule has 0 atom stereocenters. The van der Waals surface area contributed by atoms with E-state index in [4.69, 9.17) is 0 Å². The van der Waals surface area contributed by atoms with Gasteiger partial charge in [-0.15, -0.1) is 0 Å². The number of fused-ring (bicyclic) bond motifs is 1. The van der Waals surface area contributed by atoms with Gasteiger partial charge < -0.3 is 4.57 Å². The van der Waals surface area contributed by atoms with E-state index < -0.39 is 0 Å². The molecule has 0 N–H and O–H groups in total. The summed E-state index contributed by atoms with van der Waals surface area (Å²) in [6, 6.07) is 7.83. The van der Waals surface area contributed by atoms with E-state index >= 15 is 0 Å². The third-order valence-corrected chi connectivity index (χ3v) is 4.09. The Labute approximate surface area is 101 Å². The molecule has 0 unspecified atom stereocenters. The molecule has 0 spiro atoms. The molecule has 1 aromatic heterocycles. The van der Waals surface area contributed by atoms with Crippen molar-refractivity contribution in [2.75, 3.05) is 0 Å². The molecule has 1 aliphatic rings. The van der Waals surface area contributed by atoms with Gasteiger partial charge in [-0.2, -0.15) is 0 Å². The molecule has 3 rings (SSSR count). The van der Waals surface area contributed by atoms with E-state index in [-0.39, 0.29) is 5.82 Å². The summed E-state index contributed by atoms with van der Waals surface area (Å²) in [6.07, 6.45) is 7.08. The number of hydrogen-bond acceptors (Lipinski definition) is 0. The second kappa shape index (κ2) is 4.17. The molecular weight excluding hydrogens is 213 g/mol. The normalized spacial score (nSPS) is 25.3. The highest BCUT2D eigenvalue weighted by atomic mass is 19.1. The van der Waals surface area contributed by atoms with Gasteiger partial charge >= 0.3 is 0 Å². The van der Waals surface area contributed by atoms with E-state index in [9.17, 15) is 4.39 Å². The van der Waals surface area contributed by atoms with Gasteiger partial charge in [-0.3, -0.25) is 0 Å². The zero-order chi connectivity index (χ0) is 11.8. The Kier molecular flexibility index (Phi) is 2.65. The van der Waals surface area contributed by atoms with Crippen molar-refractivity contribution in [2.24, 2.45) is 5.92 Å². The van der Waals surface area contributed by atoms with Gasteiger partial charge in [-0.05, 0) is 49.8 Å². The lowest BCUT2D eigenvalue weighted by Crippen LogP contribution is -2.15. The zero-order valence-corrected chi connectivity index (χ0v) is 10.2. The van der Waals surface area contributed by atoms with Gasteiger partial charge in [0.25, 0.3) is 0 Å². The number of rotatable bonds is 1. The summed E-state index contributed by atoms with van der Waals surface area (Å²) in [5, 5.41) is 0.756. The molecular formula is C15H18FN. The SMILES string of the molecule is C[C@H]1CC[C@@H](n2ccc3c(F)cccc32)CC1. The average molecular weight is 231 g/mol. The van der Waals surface area contributed by atoms with E-state index in [2.05, 4.69) is 17.7 Å². The number of nitrogens with zero attached hydrogens (tertiary/aromatic N) is 1. The molecule has 0 saturated heterocycles. The van der Waals surface area contributed by atoms with Crippen molar-refractivity contribution in [3.05, 3.63) is 36.3 Å². The fourth-order valence-electron chi connectivity index (χ4n) is 2.99. The number of halogens is 1. The summed E-state index contributed by atoms with van der Waals surface area (Å²) in [5.74, 6) is 0.746. The maximum absolute atomic E-state index is 13.6. The predicted molar refractivity (Wildman–Crippen MR) is 68.6 cm³/mol. The Hall–Kier alpha value is -1.31. The summed E-state index contributed by atoms with van der Waals surface area (Å²) in [4.78, 5) is 0. The topological polar surface area (TPSA) is 4.93 Å². The van der Waals surface area contributed by atoms with Gasteiger partial charge in [-0.25, -0.2) is 4.39 Å². The molecule has 0 amide bonds. The molecule has 90 valence electrons. The third-order valence-electron chi connectivity index (χ3n) is 4.09. The first-order valence-electron chi connectivity index (χ1n) is 6.51. The van der Waals surface area contributed by atoms with Crippen LogP contribution in [0.5, 0.6) is 0 Å². The van der Waals surface area contributed by atoms with Crippen LogP contribution >= 0.6 is 0 Å². The molecule has 1 fully saturated rings. The molecule has 2 heteroatoms. The molecule has 0 aliphatic heterocycles. The number of aromatic nitrogens is 1. The van der Waals surface area contributed by atoms with Crippen molar-refractivity contribution in [1.82, 2.24) is 4.57 Å². The van der Waals surface area contributed by atoms with Crippen molar-refractivity contribution in [1.29, 1.82) is 0 Å². The average Bonchev–Trinajstić information content (AvgIpc) is 2.75. The van der Waals surface area contributed by atoms with Crippen LogP contribution in [0.3, 0.4) is 0 Å². The van der Waals surface area contributed by atoms with Gasteiger partial charge in [0.15, 0.2) is 0 Å². The number of benzene rings is 1. The standard InChI is InChI=1S/C15H18FN/c1-11-5-7-12(8-6-11)17-10-9-13-14(16)3-2-4-15(13)17/h2-4,9-12H,5-8H2,1H3/t11-,12+. The second-order valence-electron chi connectivity index (χ2n) is 5.31. The summed E-state index contributed by atoms with van der Waals surface area (Å²) < 4.78 is 15.9. The highest BCUT2D eigenvalue weighted by Gasteiger charge is 2.20. The zero-order valence-electron chi connectivity index (χ0n) is 10.2. The Balaban J connectivity index is 1.98. The van der Waals surface area contributed by atoms with Crippen LogP contribution in [0.2, 0.25) is 0 Å². The first-order valence-corrected chi connectivity index (χ1v) is 6.51. The Morgan fingerprint density at radius 2 is 1.88 bits per heavy atom. The Bertz CT molecular complexity index is 521. The molecule has 1 aromatic carbocycles. The van der Waals surface area contributed by atoms with E-state index in [0.29, 0.717) is 6.04 Å². The van der Waals surface area contributed by atoms with Gasteiger partial charge in [0.1, 0.15) is 5.82 Å². The molecule has 1 heterocycles. The summed E-state index contributed by atoms with van der Waals surface area (Å²) in [7, 11) is 0. The van der Waals surface area contributed by atoms with E-state index in [1.165, 1.54) is 31.7 Å². The van der Waals surface area contributed by atoms with Crippen molar-refractivity contribution in [3.8, 4) is 0 Å². The van der Waals surface area contributed by atoms with E-state index in [0.717, 1.165) is 16.8 Å². The van der Waals surface area contributed by atoms with E-state index in [1.54, 1.807) is 6.07 Å². The largest absolute Gasteiger partial charge is 0.344 e. The smallest absolute Gasteiger partial charge is 0.132 e. The van der Waals surface area contributed by atoms with Crippen molar-refractivity contribution in [3.63, 3.8) is 0 Å². The van der Waals surface area contributed by atoms with Crippen LogP contribution in [0, 0.1) is 11.7 Å². The van der Waals surface area contributed by atoms with Crippen LogP contribution in [0.25, 0.3) is 10.9 Å². The van der Waals surface area contributed by atoms with Crippen LogP contribution in [0.1, 0.15) is 38.6 Å². The highest BCUT2D eigenvalue weighted by Crippen LogP contribution is 2.34. The maximum Gasteiger partial charge on any atom is 0.132 e. The second-order valence-corrected chi connectivity index (χ2v) is 5.31. The molecule has 2 aromatic rings. The minimum atomic E-state index is -0.106. The highest BCUT2D eigenvalue weighted by molar-refractivity contribution is 5.80. The molecule has 0 radical (unpaired) electrons. The molecule has 0 bridgehead atoms. The lowest BCUT2D eigenvalue weighted by molar-refractivity contribution is 0.294. The van der Waals surface area contributed by atoms with Gasteiger partial charge in [0.2, 0.25) is 0 Å². The van der Waals surface area contributed by atoms with Gasteiger partial charge in [0, 0.05) is 17.6 Å². The predicted octanol–water partition coefficient (Wildman–Crippen LogP) is 4.53. The molecule has 1 nitrogen and oxygen atoms in total. The van der Waals surface area contributed by atoms with Crippen molar-refractivity contribution >= 4 is 10.9 Å². The Morgan fingerprint density at radius 3 is 2.65 bits per heavy atom. The molecule has 17 heavy (non-hydrogen) atoms. The van der Waals surface area contributed by atoms with E-state index in [1.807, 2.05) is 12.1 Å². The summed E-state index contributed by atoms with van der Waals surface area (Å²) in [5.41, 5.74) is 1.05. The van der Waals surface area contributed by atoms with Crippen molar-refractivity contribution < 1.29 is 4.39 Å². The van der Waals surface area contributed by atoms with Crippen LogP contribution in [-0.2, 0) is 0 Å². The third kappa shape index (κ3) is 1.86. The van der Waals surface area contributed by atoms with Crippen molar-refractivity contribution in [2.45, 2.75) is 38.6 Å². The molecule has 1 aliphatic carbocycles. The van der Waals surface area contributed by atoms with Crippen LogP contribution < -0.4 is 0 Å². The Morgan fingerprint density at radius 1 is 1.12 bits per heavy atom. The summed E-state index contributed by atoms with van der Waals surface area (Å²) >= 11 is 0. The fraction of sp³-hybridized carbons (Fsp3) is 0.467. The minimum Gasteiger partial charge on any atom is -0.344 e. The monoisotopic (exact) mass is 231 g/mol. The first-order chi connectivity index (χ1) is 8.25.